The number of allylic oxidation sites excluding steroid dienone is 2. The van der Waals surface area contributed by atoms with Gasteiger partial charge in [0.15, 0.2) is 0 Å². The van der Waals surface area contributed by atoms with E-state index < -0.39 is 10.2 Å². The summed E-state index contributed by atoms with van der Waals surface area (Å²) in [7, 11) is -4.51. The van der Waals surface area contributed by atoms with Crippen molar-refractivity contribution in [1.29, 1.82) is 0 Å². The summed E-state index contributed by atoms with van der Waals surface area (Å²) in [4.78, 5) is 0. The summed E-state index contributed by atoms with van der Waals surface area (Å²) < 4.78 is 32.1. The summed E-state index contributed by atoms with van der Waals surface area (Å²) >= 11 is 0. The van der Waals surface area contributed by atoms with Crippen molar-refractivity contribution in [3.05, 3.63) is 53.5 Å². The molecule has 0 spiro atoms. The molecule has 0 amide bonds. The van der Waals surface area contributed by atoms with Crippen molar-refractivity contribution >= 4 is 16.3 Å². The van der Waals surface area contributed by atoms with E-state index in [4.69, 9.17) is 0 Å². The lowest BCUT2D eigenvalue weighted by atomic mass is 10.2. The van der Waals surface area contributed by atoms with E-state index in [0.29, 0.717) is 5.41 Å². The fourth-order valence-electron chi connectivity index (χ4n) is 0.870. The van der Waals surface area contributed by atoms with Gasteiger partial charge in [-0.05, 0) is 11.6 Å². The van der Waals surface area contributed by atoms with E-state index in [1.807, 2.05) is 30.3 Å². The van der Waals surface area contributed by atoms with Crippen LogP contribution in [0, 0.1) is 0 Å². The Morgan fingerprint density at radius 1 is 1.07 bits per heavy atom. The Morgan fingerprint density at radius 3 is 2.29 bits per heavy atom. The summed E-state index contributed by atoms with van der Waals surface area (Å²) in [6.45, 7) is 0. The van der Waals surface area contributed by atoms with Gasteiger partial charge in [-0.25, -0.2) is 0 Å². The standard InChI is InChI=1S/C10H9FO2S/c11-14(12,13)9-5-4-8-10-6-2-1-3-7-10/h1-9H/b8-4+,9-5+. The largest absolute Gasteiger partial charge is 0.325 e. The van der Waals surface area contributed by atoms with E-state index in [0.717, 1.165) is 11.6 Å². The van der Waals surface area contributed by atoms with E-state index in [1.165, 1.54) is 6.08 Å². The molecule has 0 fully saturated rings. The van der Waals surface area contributed by atoms with E-state index in [2.05, 4.69) is 0 Å². The molecule has 4 heteroatoms. The third-order valence-corrected chi connectivity index (χ3v) is 1.92. The average molecular weight is 212 g/mol. The number of halogens is 1. The maximum absolute atomic E-state index is 12.0. The lowest BCUT2D eigenvalue weighted by molar-refractivity contribution is 0.563. The highest BCUT2D eigenvalue weighted by Crippen LogP contribution is 2.01. The van der Waals surface area contributed by atoms with Crippen LogP contribution in [0.2, 0.25) is 0 Å². The van der Waals surface area contributed by atoms with Crippen LogP contribution in [0.5, 0.6) is 0 Å². The van der Waals surface area contributed by atoms with Crippen molar-refractivity contribution in [3.63, 3.8) is 0 Å². The zero-order chi connectivity index (χ0) is 10.4. The molecule has 1 aromatic carbocycles. The molecule has 14 heavy (non-hydrogen) atoms. The molecular weight excluding hydrogens is 203 g/mol. The van der Waals surface area contributed by atoms with Crippen molar-refractivity contribution < 1.29 is 12.3 Å². The van der Waals surface area contributed by atoms with Crippen LogP contribution in [0.1, 0.15) is 5.56 Å². The SMILES string of the molecule is O=S(=O)(F)/C=C/C=C/c1ccccc1. The van der Waals surface area contributed by atoms with Gasteiger partial charge in [-0.2, -0.15) is 8.42 Å². The van der Waals surface area contributed by atoms with Crippen LogP contribution >= 0.6 is 0 Å². The van der Waals surface area contributed by atoms with Crippen LogP contribution < -0.4 is 0 Å². The van der Waals surface area contributed by atoms with Gasteiger partial charge in [0.2, 0.25) is 0 Å². The Morgan fingerprint density at radius 2 is 1.71 bits per heavy atom. The van der Waals surface area contributed by atoms with E-state index in [1.54, 1.807) is 6.08 Å². The molecule has 0 saturated heterocycles. The van der Waals surface area contributed by atoms with Crippen LogP contribution in [-0.2, 0) is 10.2 Å². The lowest BCUT2D eigenvalue weighted by Gasteiger charge is -1.87. The topological polar surface area (TPSA) is 34.1 Å². The second-order valence-electron chi connectivity index (χ2n) is 2.57. The van der Waals surface area contributed by atoms with Crippen LogP contribution in [0.4, 0.5) is 3.89 Å². The fraction of sp³-hybridized carbons (Fsp3) is 0. The van der Waals surface area contributed by atoms with Gasteiger partial charge in [-0.15, -0.1) is 3.89 Å². The molecule has 1 aromatic rings. The van der Waals surface area contributed by atoms with Crippen LogP contribution in [0.15, 0.2) is 47.9 Å². The molecule has 0 saturated carbocycles. The normalized spacial score (nSPS) is 12.6. The third-order valence-electron chi connectivity index (χ3n) is 1.44. The van der Waals surface area contributed by atoms with Crippen molar-refractivity contribution in [1.82, 2.24) is 0 Å². The Bertz CT molecular complexity index is 432. The Hall–Kier alpha value is -1.42. The molecule has 0 N–H and O–H groups in total. The zero-order valence-electron chi connectivity index (χ0n) is 7.30. The number of rotatable bonds is 3. The van der Waals surface area contributed by atoms with Crippen molar-refractivity contribution in [2.75, 3.05) is 0 Å². The fourth-order valence-corrected chi connectivity index (χ4v) is 1.15. The minimum atomic E-state index is -4.51. The number of hydrogen-bond acceptors (Lipinski definition) is 2. The predicted molar refractivity (Wildman–Crippen MR) is 54.6 cm³/mol. The smallest absolute Gasteiger partial charge is 0.190 e. The van der Waals surface area contributed by atoms with Crippen LogP contribution in [0.25, 0.3) is 6.08 Å². The first kappa shape index (κ1) is 10.7. The first-order valence-electron chi connectivity index (χ1n) is 3.92. The quantitative estimate of drug-likeness (QED) is 0.570. The Labute approximate surface area is 82.6 Å². The minimum Gasteiger partial charge on any atom is -0.190 e. The first-order chi connectivity index (χ1) is 6.58. The average Bonchev–Trinajstić information content (AvgIpc) is 2.13. The van der Waals surface area contributed by atoms with Gasteiger partial charge in [0.25, 0.3) is 0 Å². The molecule has 0 aliphatic heterocycles. The maximum Gasteiger partial charge on any atom is 0.325 e. The van der Waals surface area contributed by atoms with E-state index >= 15 is 0 Å². The van der Waals surface area contributed by atoms with Gasteiger partial charge in [0, 0.05) is 0 Å². The monoisotopic (exact) mass is 212 g/mol. The summed E-state index contributed by atoms with van der Waals surface area (Å²) in [5.41, 5.74) is 0.924. The predicted octanol–water partition coefficient (Wildman–Crippen LogP) is 2.51. The minimum absolute atomic E-state index is 0.506. The van der Waals surface area contributed by atoms with Crippen molar-refractivity contribution in [2.45, 2.75) is 0 Å². The molecule has 0 aliphatic rings. The van der Waals surface area contributed by atoms with Gasteiger partial charge in [0.1, 0.15) is 0 Å². The molecule has 1 rings (SSSR count). The highest BCUT2D eigenvalue weighted by molar-refractivity contribution is 7.89. The summed E-state index contributed by atoms with van der Waals surface area (Å²) in [5, 5.41) is 0.506. The first-order valence-corrected chi connectivity index (χ1v) is 5.37. The molecule has 74 valence electrons. The van der Waals surface area contributed by atoms with Gasteiger partial charge >= 0.3 is 10.2 Å². The summed E-state index contributed by atoms with van der Waals surface area (Å²) in [6.07, 6.45) is 4.29. The number of hydrogen-bond donors (Lipinski definition) is 0. The highest BCUT2D eigenvalue weighted by Gasteiger charge is 1.95. The third kappa shape index (κ3) is 4.57. The number of benzene rings is 1. The van der Waals surface area contributed by atoms with Crippen LogP contribution in [0.3, 0.4) is 0 Å². The van der Waals surface area contributed by atoms with E-state index in [9.17, 15) is 12.3 Å². The maximum atomic E-state index is 12.0. The molecular formula is C10H9FO2S. The van der Waals surface area contributed by atoms with Gasteiger partial charge in [-0.3, -0.25) is 0 Å². The van der Waals surface area contributed by atoms with Crippen LogP contribution in [-0.4, -0.2) is 8.42 Å². The van der Waals surface area contributed by atoms with Gasteiger partial charge in [0.05, 0.1) is 5.41 Å². The molecule has 0 heterocycles. The second-order valence-corrected chi connectivity index (χ2v) is 3.80. The lowest BCUT2D eigenvalue weighted by Crippen LogP contribution is -1.79. The molecule has 0 bridgehead atoms. The highest BCUT2D eigenvalue weighted by atomic mass is 32.3. The van der Waals surface area contributed by atoms with Crippen molar-refractivity contribution in [3.8, 4) is 0 Å². The molecule has 0 radical (unpaired) electrons. The van der Waals surface area contributed by atoms with Gasteiger partial charge < -0.3 is 0 Å². The van der Waals surface area contributed by atoms with Gasteiger partial charge in [-0.1, -0.05) is 42.5 Å². The molecule has 0 aliphatic carbocycles. The summed E-state index contributed by atoms with van der Waals surface area (Å²) in [6, 6.07) is 9.30. The zero-order valence-corrected chi connectivity index (χ0v) is 8.12. The molecule has 0 atom stereocenters. The van der Waals surface area contributed by atoms with Crippen molar-refractivity contribution in [2.24, 2.45) is 0 Å². The Kier molecular flexibility index (Phi) is 3.59. The summed E-state index contributed by atoms with van der Waals surface area (Å²) in [5.74, 6) is 0. The molecule has 2 nitrogen and oxygen atoms in total. The molecule has 0 aromatic heterocycles. The van der Waals surface area contributed by atoms with E-state index in [-0.39, 0.29) is 0 Å². The Balaban J connectivity index is 2.63. The molecule has 0 unspecified atom stereocenters. The second kappa shape index (κ2) is 4.72.